The topological polar surface area (TPSA) is 101 Å². The van der Waals surface area contributed by atoms with Gasteiger partial charge in [-0.05, 0) is 25.0 Å². The van der Waals surface area contributed by atoms with Crippen LogP contribution in [0, 0.1) is 11.3 Å². The first-order valence-corrected chi connectivity index (χ1v) is 8.92. The van der Waals surface area contributed by atoms with Gasteiger partial charge in [0.2, 0.25) is 0 Å². The lowest BCUT2D eigenvalue weighted by Crippen LogP contribution is -2.39. The highest BCUT2D eigenvalue weighted by molar-refractivity contribution is 5.96. The molecule has 26 heavy (non-hydrogen) atoms. The third-order valence-electron chi connectivity index (χ3n) is 5.03. The number of hydrogen-bond donors (Lipinski definition) is 2. The number of nitrogens with zero attached hydrogens (tertiary/aromatic N) is 4. The molecule has 0 unspecified atom stereocenters. The van der Waals surface area contributed by atoms with Crippen LogP contribution in [-0.4, -0.2) is 43.3 Å². The molecule has 1 amide bonds. The Morgan fingerprint density at radius 1 is 1.31 bits per heavy atom. The fraction of sp³-hybridized carbons (Fsp3) is 0.368. The highest BCUT2D eigenvalue weighted by atomic mass is 16.2. The normalized spacial score (nSPS) is 14.6. The molecule has 3 heterocycles. The average Bonchev–Trinajstić information content (AvgIpc) is 3.41. The lowest BCUT2D eigenvalue weighted by atomic mass is 10.1. The molecule has 0 bridgehead atoms. The number of hydrogen-bond acceptors (Lipinski definition) is 4. The minimum Gasteiger partial charge on any atom is -0.357 e. The highest BCUT2D eigenvalue weighted by Crippen LogP contribution is 2.28. The highest BCUT2D eigenvalue weighted by Gasteiger charge is 2.28. The van der Waals surface area contributed by atoms with E-state index < -0.39 is 0 Å². The summed E-state index contributed by atoms with van der Waals surface area (Å²) in [7, 11) is 0. The summed E-state index contributed by atoms with van der Waals surface area (Å²) >= 11 is 0. The van der Waals surface area contributed by atoms with Gasteiger partial charge < -0.3 is 14.9 Å². The molecule has 0 spiro atoms. The number of amides is 1. The first kappa shape index (κ1) is 16.3. The first-order valence-electron chi connectivity index (χ1n) is 8.92. The molecule has 1 saturated carbocycles. The number of nitrogens with one attached hydrogen (secondary N) is 2. The Morgan fingerprint density at radius 3 is 2.96 bits per heavy atom. The molecule has 3 aromatic heterocycles. The Morgan fingerprint density at radius 2 is 2.15 bits per heavy atom. The van der Waals surface area contributed by atoms with E-state index in [1.54, 1.807) is 6.20 Å². The van der Waals surface area contributed by atoms with Crippen LogP contribution in [0.15, 0.2) is 30.9 Å². The molecule has 3 aromatic rings. The molecule has 1 fully saturated rings. The molecular weight excluding hydrogens is 328 g/mol. The van der Waals surface area contributed by atoms with Gasteiger partial charge in [0.1, 0.15) is 17.7 Å². The van der Waals surface area contributed by atoms with Gasteiger partial charge in [0.05, 0.1) is 18.2 Å². The third-order valence-corrected chi connectivity index (χ3v) is 5.03. The van der Waals surface area contributed by atoms with Gasteiger partial charge in [-0.25, -0.2) is 9.97 Å². The van der Waals surface area contributed by atoms with E-state index in [2.05, 4.69) is 26.0 Å². The van der Waals surface area contributed by atoms with E-state index in [-0.39, 0.29) is 11.9 Å². The summed E-state index contributed by atoms with van der Waals surface area (Å²) in [5.41, 5.74) is 2.95. The SMILES string of the molecule is N#CCCN(C(=O)c1cc(-c2ncnc3[nH]ccc23)c[nH]1)C1CCCC1. The number of carbonyl (C=O) groups is 1. The molecule has 0 saturated heterocycles. The van der Waals surface area contributed by atoms with Gasteiger partial charge in [-0.3, -0.25) is 4.79 Å². The summed E-state index contributed by atoms with van der Waals surface area (Å²) in [6.45, 7) is 0.476. The van der Waals surface area contributed by atoms with Crippen molar-refractivity contribution in [3.8, 4) is 17.3 Å². The van der Waals surface area contributed by atoms with Crippen LogP contribution < -0.4 is 0 Å². The maximum Gasteiger partial charge on any atom is 0.270 e. The molecular formula is C19H20N6O. The van der Waals surface area contributed by atoms with Crippen molar-refractivity contribution in [2.45, 2.75) is 38.1 Å². The summed E-state index contributed by atoms with van der Waals surface area (Å²) in [6.07, 6.45) is 9.81. The van der Waals surface area contributed by atoms with E-state index in [9.17, 15) is 4.79 Å². The fourth-order valence-corrected chi connectivity index (χ4v) is 3.75. The predicted octanol–water partition coefficient (Wildman–Crippen LogP) is 3.25. The number of H-pyrrole nitrogens is 2. The minimum absolute atomic E-state index is 0.0437. The van der Waals surface area contributed by atoms with Crippen molar-refractivity contribution in [3.63, 3.8) is 0 Å². The number of nitriles is 1. The lowest BCUT2D eigenvalue weighted by molar-refractivity contribution is 0.0681. The van der Waals surface area contributed by atoms with Gasteiger partial charge in [-0.2, -0.15) is 5.26 Å². The predicted molar refractivity (Wildman–Crippen MR) is 97.2 cm³/mol. The fourth-order valence-electron chi connectivity index (χ4n) is 3.75. The quantitative estimate of drug-likeness (QED) is 0.739. The van der Waals surface area contributed by atoms with Gasteiger partial charge in [0.15, 0.2) is 0 Å². The zero-order valence-corrected chi connectivity index (χ0v) is 14.4. The van der Waals surface area contributed by atoms with Crippen LogP contribution >= 0.6 is 0 Å². The molecule has 2 N–H and O–H groups in total. The molecule has 0 aromatic carbocycles. The number of rotatable bonds is 5. The standard InChI is InChI=1S/C19H20N6O/c20-7-3-9-25(14-4-1-2-5-14)19(26)16-10-13(11-22-16)17-15-6-8-21-18(15)24-12-23-17/h6,8,10-12,14,22H,1-5,9H2,(H,21,23,24). The number of carbonyl (C=O) groups excluding carboxylic acids is 1. The van der Waals surface area contributed by atoms with Crippen molar-refractivity contribution in [2.24, 2.45) is 0 Å². The Labute approximate surface area is 151 Å². The molecule has 7 nitrogen and oxygen atoms in total. The Hall–Kier alpha value is -3.14. The maximum atomic E-state index is 13.0. The molecule has 0 atom stereocenters. The summed E-state index contributed by atoms with van der Waals surface area (Å²) in [5, 5.41) is 9.85. The summed E-state index contributed by atoms with van der Waals surface area (Å²) in [6, 6.07) is 6.15. The van der Waals surface area contributed by atoms with E-state index in [1.165, 1.54) is 6.33 Å². The second-order valence-electron chi connectivity index (χ2n) is 6.61. The van der Waals surface area contributed by atoms with Crippen molar-refractivity contribution < 1.29 is 4.79 Å². The Kier molecular flexibility index (Phi) is 4.40. The zero-order valence-electron chi connectivity index (χ0n) is 14.4. The van der Waals surface area contributed by atoms with Gasteiger partial charge in [-0.15, -0.1) is 0 Å². The Bertz CT molecular complexity index is 960. The van der Waals surface area contributed by atoms with Crippen LogP contribution in [0.4, 0.5) is 0 Å². The zero-order chi connectivity index (χ0) is 17.9. The Balaban J connectivity index is 1.62. The van der Waals surface area contributed by atoms with E-state index in [1.807, 2.05) is 23.2 Å². The summed E-state index contributed by atoms with van der Waals surface area (Å²) in [4.78, 5) is 29.6. The molecule has 1 aliphatic carbocycles. The molecule has 1 aliphatic rings. The lowest BCUT2D eigenvalue weighted by Gasteiger charge is -2.27. The van der Waals surface area contributed by atoms with E-state index >= 15 is 0 Å². The minimum atomic E-state index is -0.0437. The van der Waals surface area contributed by atoms with Crippen LogP contribution in [0.1, 0.15) is 42.6 Å². The second kappa shape index (κ2) is 7.00. The maximum absolute atomic E-state index is 13.0. The van der Waals surface area contributed by atoms with E-state index in [4.69, 9.17) is 5.26 Å². The van der Waals surface area contributed by atoms with Crippen LogP contribution in [0.3, 0.4) is 0 Å². The third kappa shape index (κ3) is 2.94. The molecule has 0 radical (unpaired) electrons. The molecule has 4 rings (SSSR count). The number of fused-ring (bicyclic) bond motifs is 1. The van der Waals surface area contributed by atoms with Crippen molar-refractivity contribution in [2.75, 3.05) is 6.54 Å². The molecule has 0 aliphatic heterocycles. The van der Waals surface area contributed by atoms with Crippen molar-refractivity contribution in [3.05, 3.63) is 36.5 Å². The smallest absolute Gasteiger partial charge is 0.270 e. The van der Waals surface area contributed by atoms with Gasteiger partial charge in [-0.1, -0.05) is 12.8 Å². The van der Waals surface area contributed by atoms with E-state index in [0.29, 0.717) is 18.7 Å². The first-order chi connectivity index (χ1) is 12.8. The summed E-state index contributed by atoms with van der Waals surface area (Å²) < 4.78 is 0. The van der Waals surface area contributed by atoms with Crippen LogP contribution in [-0.2, 0) is 0 Å². The largest absolute Gasteiger partial charge is 0.357 e. The van der Waals surface area contributed by atoms with Crippen LogP contribution in [0.25, 0.3) is 22.3 Å². The van der Waals surface area contributed by atoms with Gasteiger partial charge >= 0.3 is 0 Å². The number of aromatic nitrogens is 4. The van der Waals surface area contributed by atoms with Gasteiger partial charge in [0.25, 0.3) is 5.91 Å². The average molecular weight is 348 g/mol. The molecule has 132 valence electrons. The molecule has 7 heteroatoms. The van der Waals surface area contributed by atoms with Gasteiger partial charge in [0, 0.05) is 35.9 Å². The van der Waals surface area contributed by atoms with Crippen LogP contribution in [0.5, 0.6) is 0 Å². The van der Waals surface area contributed by atoms with Crippen molar-refractivity contribution in [1.29, 1.82) is 5.26 Å². The van der Waals surface area contributed by atoms with Crippen molar-refractivity contribution >= 4 is 16.9 Å². The van der Waals surface area contributed by atoms with Crippen molar-refractivity contribution in [1.82, 2.24) is 24.8 Å². The number of aromatic amines is 2. The summed E-state index contributed by atoms with van der Waals surface area (Å²) in [5.74, 6) is -0.0437. The van der Waals surface area contributed by atoms with Crippen LogP contribution in [0.2, 0.25) is 0 Å². The monoisotopic (exact) mass is 348 g/mol. The second-order valence-corrected chi connectivity index (χ2v) is 6.61. The van der Waals surface area contributed by atoms with E-state index in [0.717, 1.165) is 48.0 Å².